The Morgan fingerprint density at radius 2 is 1.67 bits per heavy atom. The van der Waals surface area contributed by atoms with Crippen LogP contribution < -0.4 is 27.0 Å². The summed E-state index contributed by atoms with van der Waals surface area (Å²) in [4.78, 5) is 38.4. The van der Waals surface area contributed by atoms with Crippen molar-refractivity contribution in [1.82, 2.24) is 9.13 Å². The first kappa shape index (κ1) is 23.6. The van der Waals surface area contributed by atoms with Gasteiger partial charge in [0.25, 0.3) is 5.56 Å². The number of carbonyl (C=O) groups is 1. The van der Waals surface area contributed by atoms with Gasteiger partial charge in [-0.15, -0.1) is 13.2 Å². The molecule has 3 rings (SSSR count). The molecular formula is C22H21F3N4O4. The molecule has 8 nitrogen and oxygen atoms in total. The standard InChI is InChI=1S/C22H21F3N4O4/c1-2-28-20(31)18(19(26)29(21(28)32)13-14-6-4-3-5-7-14)17(30)12-27-15-8-10-16(11-9-15)33-22(23,24)25/h3-11,27H,2,12-13,26H2,1H3. The summed E-state index contributed by atoms with van der Waals surface area (Å²) in [7, 11) is 0. The molecule has 2 aromatic carbocycles. The Morgan fingerprint density at radius 3 is 2.24 bits per heavy atom. The fourth-order valence-electron chi connectivity index (χ4n) is 3.22. The van der Waals surface area contributed by atoms with Gasteiger partial charge in [0, 0.05) is 12.2 Å². The van der Waals surface area contributed by atoms with Gasteiger partial charge in [-0.05, 0) is 36.8 Å². The number of aromatic nitrogens is 2. The van der Waals surface area contributed by atoms with Crippen LogP contribution in [0.5, 0.6) is 5.75 Å². The van der Waals surface area contributed by atoms with E-state index in [0.29, 0.717) is 5.69 Å². The van der Waals surface area contributed by atoms with Gasteiger partial charge in [-0.1, -0.05) is 30.3 Å². The van der Waals surface area contributed by atoms with Crippen molar-refractivity contribution in [2.75, 3.05) is 17.6 Å². The number of nitrogen functional groups attached to an aromatic ring is 1. The zero-order valence-electron chi connectivity index (χ0n) is 17.6. The van der Waals surface area contributed by atoms with E-state index < -0.39 is 29.1 Å². The van der Waals surface area contributed by atoms with E-state index in [1.54, 1.807) is 31.2 Å². The zero-order chi connectivity index (χ0) is 24.2. The topological polar surface area (TPSA) is 108 Å². The predicted octanol–water partition coefficient (Wildman–Crippen LogP) is 2.85. The zero-order valence-corrected chi connectivity index (χ0v) is 17.6. The van der Waals surface area contributed by atoms with Crippen LogP contribution in [0.1, 0.15) is 22.8 Å². The number of nitrogens with two attached hydrogens (primary N) is 1. The molecule has 0 radical (unpaired) electrons. The minimum Gasteiger partial charge on any atom is -0.406 e. The van der Waals surface area contributed by atoms with Crippen molar-refractivity contribution < 1.29 is 22.7 Å². The number of rotatable bonds is 8. The number of alkyl halides is 3. The third-order valence-corrected chi connectivity index (χ3v) is 4.79. The van der Waals surface area contributed by atoms with E-state index in [4.69, 9.17) is 5.73 Å². The highest BCUT2D eigenvalue weighted by atomic mass is 19.4. The van der Waals surface area contributed by atoms with E-state index in [2.05, 4.69) is 10.1 Å². The van der Waals surface area contributed by atoms with Crippen molar-refractivity contribution in [3.63, 3.8) is 0 Å². The fourth-order valence-corrected chi connectivity index (χ4v) is 3.22. The fraction of sp³-hybridized carbons (Fsp3) is 0.227. The molecule has 0 amide bonds. The van der Waals surface area contributed by atoms with Crippen LogP contribution in [-0.2, 0) is 13.1 Å². The lowest BCUT2D eigenvalue weighted by atomic mass is 10.1. The van der Waals surface area contributed by atoms with Gasteiger partial charge in [-0.2, -0.15) is 0 Å². The van der Waals surface area contributed by atoms with Gasteiger partial charge in [0.2, 0.25) is 0 Å². The molecule has 0 atom stereocenters. The highest BCUT2D eigenvalue weighted by molar-refractivity contribution is 6.02. The van der Waals surface area contributed by atoms with E-state index in [1.807, 2.05) is 6.07 Å². The van der Waals surface area contributed by atoms with E-state index in [1.165, 1.54) is 12.1 Å². The molecule has 0 saturated carbocycles. The Kier molecular flexibility index (Phi) is 6.90. The van der Waals surface area contributed by atoms with Crippen LogP contribution in [0.15, 0.2) is 64.2 Å². The van der Waals surface area contributed by atoms with E-state index in [9.17, 15) is 27.6 Å². The van der Waals surface area contributed by atoms with E-state index in [-0.39, 0.29) is 31.0 Å². The number of hydrogen-bond acceptors (Lipinski definition) is 6. The number of nitrogens with one attached hydrogen (secondary N) is 1. The second-order valence-electron chi connectivity index (χ2n) is 7.01. The van der Waals surface area contributed by atoms with Crippen molar-refractivity contribution in [1.29, 1.82) is 0 Å². The molecule has 3 aromatic rings. The summed E-state index contributed by atoms with van der Waals surface area (Å²) in [6.07, 6.45) is -4.82. The lowest BCUT2D eigenvalue weighted by Gasteiger charge is -2.16. The van der Waals surface area contributed by atoms with Crippen molar-refractivity contribution >= 4 is 17.3 Å². The number of carbonyl (C=O) groups excluding carboxylic acids is 1. The van der Waals surface area contributed by atoms with Crippen molar-refractivity contribution in [3.8, 4) is 5.75 Å². The van der Waals surface area contributed by atoms with Gasteiger partial charge in [0.05, 0.1) is 13.1 Å². The summed E-state index contributed by atoms with van der Waals surface area (Å²) in [5.41, 5.74) is 5.39. The van der Waals surface area contributed by atoms with Crippen LogP contribution in [0, 0.1) is 0 Å². The molecule has 0 saturated heterocycles. The maximum atomic E-state index is 12.9. The summed E-state index contributed by atoms with van der Waals surface area (Å²) < 4.78 is 42.7. The monoisotopic (exact) mass is 462 g/mol. The molecular weight excluding hydrogens is 441 g/mol. The Hall–Kier alpha value is -4.02. The molecule has 0 spiro atoms. The molecule has 0 fully saturated rings. The number of ketones is 1. The largest absolute Gasteiger partial charge is 0.573 e. The van der Waals surface area contributed by atoms with Crippen molar-refractivity contribution in [3.05, 3.63) is 86.6 Å². The Balaban J connectivity index is 1.86. The van der Waals surface area contributed by atoms with E-state index in [0.717, 1.165) is 26.8 Å². The Bertz CT molecular complexity index is 1250. The van der Waals surface area contributed by atoms with Crippen LogP contribution in [0.4, 0.5) is 24.7 Å². The van der Waals surface area contributed by atoms with E-state index >= 15 is 0 Å². The molecule has 0 aliphatic rings. The van der Waals surface area contributed by atoms with Crippen LogP contribution >= 0.6 is 0 Å². The van der Waals surface area contributed by atoms with Crippen molar-refractivity contribution in [2.45, 2.75) is 26.4 Å². The summed E-state index contributed by atoms with van der Waals surface area (Å²) >= 11 is 0. The van der Waals surface area contributed by atoms with Crippen molar-refractivity contribution in [2.24, 2.45) is 0 Å². The maximum absolute atomic E-state index is 12.9. The molecule has 3 N–H and O–H groups in total. The van der Waals surface area contributed by atoms with Gasteiger partial charge in [0.1, 0.15) is 17.1 Å². The quantitative estimate of drug-likeness (QED) is 0.499. The molecule has 11 heteroatoms. The first-order valence-corrected chi connectivity index (χ1v) is 9.90. The normalized spacial score (nSPS) is 11.3. The number of anilines is 2. The second kappa shape index (κ2) is 9.63. The number of benzene rings is 2. The van der Waals surface area contributed by atoms with Gasteiger partial charge < -0.3 is 15.8 Å². The Morgan fingerprint density at radius 1 is 1.03 bits per heavy atom. The van der Waals surface area contributed by atoms with Crippen LogP contribution in [0.2, 0.25) is 0 Å². The lowest BCUT2D eigenvalue weighted by Crippen LogP contribution is -2.44. The van der Waals surface area contributed by atoms with Crippen LogP contribution in [0.25, 0.3) is 0 Å². The first-order valence-electron chi connectivity index (χ1n) is 9.90. The van der Waals surface area contributed by atoms with Crippen LogP contribution in [-0.4, -0.2) is 27.8 Å². The van der Waals surface area contributed by atoms with Gasteiger partial charge in [0.15, 0.2) is 5.78 Å². The molecule has 33 heavy (non-hydrogen) atoms. The van der Waals surface area contributed by atoms with Gasteiger partial charge in [-0.3, -0.25) is 18.7 Å². The summed E-state index contributed by atoms with van der Waals surface area (Å²) in [5.74, 6) is -1.33. The number of nitrogens with zero attached hydrogens (tertiary/aromatic N) is 2. The summed E-state index contributed by atoms with van der Waals surface area (Å²) in [6, 6.07) is 13.7. The summed E-state index contributed by atoms with van der Waals surface area (Å²) in [6.45, 7) is 1.34. The molecule has 0 aliphatic carbocycles. The number of ether oxygens (including phenoxy) is 1. The third kappa shape index (κ3) is 5.62. The highest BCUT2D eigenvalue weighted by Crippen LogP contribution is 2.24. The second-order valence-corrected chi connectivity index (χ2v) is 7.01. The SMILES string of the molecule is CCn1c(=O)c(C(=O)CNc2ccc(OC(F)(F)F)cc2)c(N)n(Cc2ccccc2)c1=O. The van der Waals surface area contributed by atoms with Crippen LogP contribution in [0.3, 0.4) is 0 Å². The van der Waals surface area contributed by atoms with Gasteiger partial charge >= 0.3 is 12.1 Å². The van der Waals surface area contributed by atoms with Gasteiger partial charge in [-0.25, -0.2) is 4.79 Å². The molecule has 0 bridgehead atoms. The molecule has 174 valence electrons. The smallest absolute Gasteiger partial charge is 0.406 e. The average Bonchev–Trinajstić information content (AvgIpc) is 2.76. The number of Topliss-reactive ketones (excluding diaryl/α,β-unsaturated/α-hetero) is 1. The minimum absolute atomic E-state index is 0.0428. The molecule has 1 heterocycles. The molecule has 0 unspecified atom stereocenters. The first-order chi connectivity index (χ1) is 15.6. The third-order valence-electron chi connectivity index (χ3n) is 4.79. The molecule has 0 aliphatic heterocycles. The molecule has 1 aromatic heterocycles. The highest BCUT2D eigenvalue weighted by Gasteiger charge is 2.31. The number of hydrogen-bond donors (Lipinski definition) is 2. The lowest BCUT2D eigenvalue weighted by molar-refractivity contribution is -0.274. The maximum Gasteiger partial charge on any atom is 0.573 e. The Labute approximate surface area is 186 Å². The predicted molar refractivity (Wildman–Crippen MR) is 117 cm³/mol. The summed E-state index contributed by atoms with van der Waals surface area (Å²) in [5, 5.41) is 2.73. The minimum atomic E-state index is -4.82. The number of halogens is 3. The average molecular weight is 462 g/mol.